The van der Waals surface area contributed by atoms with Gasteiger partial charge in [-0.05, 0) is 31.7 Å². The van der Waals surface area contributed by atoms with Gasteiger partial charge in [0.1, 0.15) is 6.04 Å². The molecule has 2 unspecified atom stereocenters. The second-order valence-electron chi connectivity index (χ2n) is 5.91. The van der Waals surface area contributed by atoms with Crippen molar-refractivity contribution in [2.45, 2.75) is 46.1 Å². The molecule has 5 N–H and O–H groups in total. The Morgan fingerprint density at radius 1 is 1.09 bits per heavy atom. The average molecular weight is 314 g/mol. The third-order valence-corrected chi connectivity index (χ3v) is 3.29. The minimum atomic E-state index is -0.619. The largest absolute Gasteiger partial charge is 0.357 e. The molecule has 0 bridgehead atoms. The molecule has 7 heteroatoms. The van der Waals surface area contributed by atoms with E-state index in [1.807, 2.05) is 20.8 Å². The summed E-state index contributed by atoms with van der Waals surface area (Å²) in [5, 5.41) is 7.72. The molecule has 0 fully saturated rings. The second kappa shape index (κ2) is 11.0. The molecule has 0 radical (unpaired) electrons. The molecule has 0 aromatic rings. The van der Waals surface area contributed by atoms with Gasteiger partial charge in [-0.25, -0.2) is 0 Å². The first-order valence-electron chi connectivity index (χ1n) is 7.80. The number of carbonyl (C=O) groups excluding carboxylic acids is 3. The predicted molar refractivity (Wildman–Crippen MR) is 85.9 cm³/mol. The Balaban J connectivity index is 4.28. The van der Waals surface area contributed by atoms with E-state index in [4.69, 9.17) is 5.73 Å². The zero-order chi connectivity index (χ0) is 17.1. The molecule has 0 rings (SSSR count). The standard InChI is InChI=1S/C15H30N4O3/c1-10(2)8-11(3)14(21)18-9-13(20)19-12(6-5-7-16)15(22)17-4/h10-12H,5-9,16H2,1-4H3,(H,17,22)(H,18,21)(H,19,20). The lowest BCUT2D eigenvalue weighted by atomic mass is 9.98. The van der Waals surface area contributed by atoms with Crippen LogP contribution in [0.15, 0.2) is 0 Å². The molecule has 0 aliphatic rings. The first-order chi connectivity index (χ1) is 10.3. The maximum Gasteiger partial charge on any atom is 0.242 e. The van der Waals surface area contributed by atoms with Gasteiger partial charge in [-0.2, -0.15) is 0 Å². The summed E-state index contributed by atoms with van der Waals surface area (Å²) in [7, 11) is 1.51. The summed E-state index contributed by atoms with van der Waals surface area (Å²) in [5.41, 5.74) is 5.42. The van der Waals surface area contributed by atoms with E-state index in [1.165, 1.54) is 7.05 Å². The van der Waals surface area contributed by atoms with Crippen LogP contribution in [-0.4, -0.2) is 43.9 Å². The van der Waals surface area contributed by atoms with Gasteiger partial charge in [0.05, 0.1) is 6.54 Å². The van der Waals surface area contributed by atoms with Crippen LogP contribution in [0.5, 0.6) is 0 Å². The van der Waals surface area contributed by atoms with E-state index in [0.717, 1.165) is 6.42 Å². The van der Waals surface area contributed by atoms with Gasteiger partial charge in [0.25, 0.3) is 0 Å². The van der Waals surface area contributed by atoms with Crippen LogP contribution < -0.4 is 21.7 Å². The van der Waals surface area contributed by atoms with Gasteiger partial charge in [0.15, 0.2) is 0 Å². The van der Waals surface area contributed by atoms with Crippen molar-refractivity contribution in [3.05, 3.63) is 0 Å². The lowest BCUT2D eigenvalue weighted by Gasteiger charge is -2.18. The summed E-state index contributed by atoms with van der Waals surface area (Å²) < 4.78 is 0. The normalized spacial score (nSPS) is 13.4. The maximum atomic E-state index is 11.8. The molecule has 0 heterocycles. The van der Waals surface area contributed by atoms with E-state index in [9.17, 15) is 14.4 Å². The van der Waals surface area contributed by atoms with Crippen LogP contribution in [0.1, 0.15) is 40.0 Å². The number of nitrogens with two attached hydrogens (primary N) is 1. The second-order valence-corrected chi connectivity index (χ2v) is 5.91. The highest BCUT2D eigenvalue weighted by molar-refractivity contribution is 5.90. The maximum absolute atomic E-state index is 11.8. The van der Waals surface area contributed by atoms with E-state index >= 15 is 0 Å². The van der Waals surface area contributed by atoms with Gasteiger partial charge >= 0.3 is 0 Å². The fourth-order valence-electron chi connectivity index (χ4n) is 2.17. The third kappa shape index (κ3) is 8.61. The Morgan fingerprint density at radius 3 is 2.23 bits per heavy atom. The quantitative estimate of drug-likeness (QED) is 0.445. The van der Waals surface area contributed by atoms with Crippen molar-refractivity contribution in [2.75, 3.05) is 20.1 Å². The minimum Gasteiger partial charge on any atom is -0.357 e. The van der Waals surface area contributed by atoms with Crippen molar-refractivity contribution >= 4 is 17.7 Å². The van der Waals surface area contributed by atoms with Crippen LogP contribution in [0.2, 0.25) is 0 Å². The van der Waals surface area contributed by atoms with Crippen LogP contribution in [0.4, 0.5) is 0 Å². The van der Waals surface area contributed by atoms with Crippen molar-refractivity contribution in [1.29, 1.82) is 0 Å². The predicted octanol–water partition coefficient (Wildman–Crippen LogP) is -0.245. The van der Waals surface area contributed by atoms with Crippen molar-refractivity contribution in [2.24, 2.45) is 17.6 Å². The van der Waals surface area contributed by atoms with Crippen LogP contribution in [-0.2, 0) is 14.4 Å². The molecular formula is C15H30N4O3. The van der Waals surface area contributed by atoms with Gasteiger partial charge in [-0.3, -0.25) is 14.4 Å². The van der Waals surface area contributed by atoms with Crippen LogP contribution >= 0.6 is 0 Å². The van der Waals surface area contributed by atoms with Crippen molar-refractivity contribution < 1.29 is 14.4 Å². The number of nitrogens with one attached hydrogen (secondary N) is 3. The zero-order valence-electron chi connectivity index (χ0n) is 14.1. The third-order valence-electron chi connectivity index (χ3n) is 3.29. The van der Waals surface area contributed by atoms with Crippen LogP contribution in [0, 0.1) is 11.8 Å². The molecule has 0 aliphatic carbocycles. The Hall–Kier alpha value is -1.63. The molecule has 0 aliphatic heterocycles. The molecule has 0 aromatic carbocycles. The van der Waals surface area contributed by atoms with E-state index in [0.29, 0.717) is 25.3 Å². The molecule has 0 saturated heterocycles. The highest BCUT2D eigenvalue weighted by Crippen LogP contribution is 2.10. The molecule has 2 atom stereocenters. The number of hydrogen-bond acceptors (Lipinski definition) is 4. The van der Waals surface area contributed by atoms with Crippen LogP contribution in [0.25, 0.3) is 0 Å². The SMILES string of the molecule is CNC(=O)C(CCCN)NC(=O)CNC(=O)C(C)CC(C)C. The lowest BCUT2D eigenvalue weighted by molar-refractivity contribution is -0.130. The van der Waals surface area contributed by atoms with Gasteiger partial charge in [-0.1, -0.05) is 20.8 Å². The van der Waals surface area contributed by atoms with Crippen molar-refractivity contribution in [3.8, 4) is 0 Å². The topological polar surface area (TPSA) is 113 Å². The van der Waals surface area contributed by atoms with Gasteiger partial charge in [0, 0.05) is 13.0 Å². The number of likely N-dealkylation sites (N-methyl/N-ethyl adjacent to an activating group) is 1. The number of rotatable bonds is 10. The number of carbonyl (C=O) groups is 3. The fourth-order valence-corrected chi connectivity index (χ4v) is 2.17. The van der Waals surface area contributed by atoms with Gasteiger partial charge < -0.3 is 21.7 Å². The highest BCUT2D eigenvalue weighted by Gasteiger charge is 2.20. The Kier molecular flexibility index (Phi) is 10.2. The molecular weight excluding hydrogens is 284 g/mol. The van der Waals surface area contributed by atoms with Crippen molar-refractivity contribution in [3.63, 3.8) is 0 Å². The fraction of sp³-hybridized carbons (Fsp3) is 0.800. The molecule has 3 amide bonds. The van der Waals surface area contributed by atoms with Gasteiger partial charge in [-0.15, -0.1) is 0 Å². The summed E-state index contributed by atoms with van der Waals surface area (Å²) in [5.74, 6) is -0.512. The molecule has 22 heavy (non-hydrogen) atoms. The summed E-state index contributed by atoms with van der Waals surface area (Å²) in [6.45, 7) is 6.25. The number of amides is 3. The Bertz CT molecular complexity index is 372. The zero-order valence-corrected chi connectivity index (χ0v) is 14.1. The monoisotopic (exact) mass is 314 g/mol. The number of hydrogen-bond donors (Lipinski definition) is 4. The highest BCUT2D eigenvalue weighted by atomic mass is 16.2. The molecule has 128 valence electrons. The average Bonchev–Trinajstić information content (AvgIpc) is 2.47. The van der Waals surface area contributed by atoms with E-state index < -0.39 is 6.04 Å². The first-order valence-corrected chi connectivity index (χ1v) is 7.80. The summed E-state index contributed by atoms with van der Waals surface area (Å²) in [4.78, 5) is 35.4. The summed E-state index contributed by atoms with van der Waals surface area (Å²) in [6.07, 6.45) is 1.88. The summed E-state index contributed by atoms with van der Waals surface area (Å²) >= 11 is 0. The molecule has 0 saturated carbocycles. The molecule has 7 nitrogen and oxygen atoms in total. The Morgan fingerprint density at radius 2 is 1.73 bits per heavy atom. The Labute approximate surface area is 132 Å². The van der Waals surface area contributed by atoms with E-state index in [1.54, 1.807) is 0 Å². The van der Waals surface area contributed by atoms with E-state index in [2.05, 4.69) is 16.0 Å². The lowest BCUT2D eigenvalue weighted by Crippen LogP contribution is -2.49. The van der Waals surface area contributed by atoms with Gasteiger partial charge in [0.2, 0.25) is 17.7 Å². The van der Waals surface area contributed by atoms with E-state index in [-0.39, 0.29) is 30.2 Å². The first kappa shape index (κ1) is 20.4. The molecule has 0 spiro atoms. The molecule has 0 aromatic heterocycles. The van der Waals surface area contributed by atoms with Crippen LogP contribution in [0.3, 0.4) is 0 Å². The smallest absolute Gasteiger partial charge is 0.242 e. The summed E-state index contributed by atoms with van der Waals surface area (Å²) in [6, 6.07) is -0.619. The minimum absolute atomic E-state index is 0.128. The van der Waals surface area contributed by atoms with Crippen molar-refractivity contribution in [1.82, 2.24) is 16.0 Å².